The summed E-state index contributed by atoms with van der Waals surface area (Å²) in [7, 11) is 3.22. The van der Waals surface area contributed by atoms with Gasteiger partial charge in [0.15, 0.2) is 11.5 Å². The van der Waals surface area contributed by atoms with Crippen LogP contribution in [0.25, 0.3) is 0 Å². The minimum absolute atomic E-state index is 0.00476. The van der Waals surface area contributed by atoms with E-state index in [4.69, 9.17) is 9.47 Å². The highest BCUT2D eigenvalue weighted by Crippen LogP contribution is 2.28. The maximum Gasteiger partial charge on any atom is 0.225 e. The first kappa shape index (κ1) is 24.0. The zero-order valence-corrected chi connectivity index (χ0v) is 20.0. The van der Waals surface area contributed by atoms with Crippen LogP contribution in [0.4, 0.5) is 0 Å². The lowest BCUT2D eigenvalue weighted by Crippen LogP contribution is -2.46. The molecule has 2 aliphatic heterocycles. The van der Waals surface area contributed by atoms with Gasteiger partial charge < -0.3 is 19.7 Å². The van der Waals surface area contributed by atoms with E-state index in [-0.39, 0.29) is 30.2 Å². The third kappa shape index (κ3) is 6.05. The van der Waals surface area contributed by atoms with Gasteiger partial charge in [0.1, 0.15) is 0 Å². The number of piperidine rings is 1. The Morgan fingerprint density at radius 2 is 1.91 bits per heavy atom. The van der Waals surface area contributed by atoms with Crippen LogP contribution in [0.2, 0.25) is 0 Å². The number of hydrogen-bond donors (Lipinski definition) is 1. The molecule has 0 radical (unpaired) electrons. The fourth-order valence-corrected chi connectivity index (χ4v) is 4.74. The molecule has 2 saturated heterocycles. The number of methoxy groups -OCH3 is 2. The van der Waals surface area contributed by atoms with Crippen molar-refractivity contribution in [2.45, 2.75) is 38.3 Å². The maximum absolute atomic E-state index is 12.9. The number of amides is 2. The summed E-state index contributed by atoms with van der Waals surface area (Å²) < 4.78 is 10.6. The molecule has 0 bridgehead atoms. The third-order valence-corrected chi connectivity index (χ3v) is 6.75. The Kier molecular flexibility index (Phi) is 8.00. The van der Waals surface area contributed by atoms with E-state index in [2.05, 4.69) is 15.2 Å². The summed E-state index contributed by atoms with van der Waals surface area (Å²) in [6.07, 6.45) is 4.65. The van der Waals surface area contributed by atoms with Gasteiger partial charge in [-0.3, -0.25) is 19.5 Å². The number of carbonyl (C=O) groups is 2. The molecular weight excluding hydrogens is 432 g/mol. The number of rotatable bonds is 9. The van der Waals surface area contributed by atoms with Crippen molar-refractivity contribution in [3.8, 4) is 11.5 Å². The molecule has 182 valence electrons. The molecule has 1 aromatic heterocycles. The third-order valence-electron chi connectivity index (χ3n) is 6.75. The Labute approximate surface area is 201 Å². The predicted molar refractivity (Wildman–Crippen MR) is 129 cm³/mol. The minimum Gasteiger partial charge on any atom is -0.493 e. The van der Waals surface area contributed by atoms with E-state index in [9.17, 15) is 9.59 Å². The number of nitrogens with one attached hydrogen (secondary N) is 1. The van der Waals surface area contributed by atoms with E-state index in [1.54, 1.807) is 19.1 Å². The maximum atomic E-state index is 12.9. The van der Waals surface area contributed by atoms with Gasteiger partial charge in [-0.1, -0.05) is 12.1 Å². The highest BCUT2D eigenvalue weighted by atomic mass is 16.5. The van der Waals surface area contributed by atoms with Gasteiger partial charge in [0, 0.05) is 51.4 Å². The lowest BCUT2D eigenvalue weighted by molar-refractivity contribution is -0.129. The highest BCUT2D eigenvalue weighted by Gasteiger charge is 2.35. The van der Waals surface area contributed by atoms with Crippen molar-refractivity contribution in [1.82, 2.24) is 20.1 Å². The van der Waals surface area contributed by atoms with Crippen LogP contribution >= 0.6 is 0 Å². The van der Waals surface area contributed by atoms with Crippen LogP contribution in [0.5, 0.6) is 11.5 Å². The fourth-order valence-electron chi connectivity index (χ4n) is 4.74. The van der Waals surface area contributed by atoms with Crippen molar-refractivity contribution < 1.29 is 19.1 Å². The molecule has 1 unspecified atom stereocenters. The SMILES string of the molecule is COc1ccc(CCN2CC(C(=O)NC3CCN(Cc4ccccn4)CC3)CC2=O)cc1OC. The van der Waals surface area contributed by atoms with Crippen LogP contribution in [0.3, 0.4) is 0 Å². The normalized spacial score (nSPS) is 19.3. The first-order chi connectivity index (χ1) is 16.6. The smallest absolute Gasteiger partial charge is 0.225 e. The molecule has 4 rings (SSSR count). The number of carbonyl (C=O) groups excluding carboxylic acids is 2. The van der Waals surface area contributed by atoms with Gasteiger partial charge in [-0.05, 0) is 49.1 Å². The molecule has 2 aliphatic rings. The summed E-state index contributed by atoms with van der Waals surface area (Å²) in [5.41, 5.74) is 2.14. The predicted octanol–water partition coefficient (Wildman–Crippen LogP) is 2.27. The van der Waals surface area contributed by atoms with Crippen molar-refractivity contribution in [3.05, 3.63) is 53.9 Å². The lowest BCUT2D eigenvalue weighted by Gasteiger charge is -2.32. The van der Waals surface area contributed by atoms with Gasteiger partial charge in [0.2, 0.25) is 11.8 Å². The number of likely N-dealkylation sites (tertiary alicyclic amines) is 2. The molecule has 1 aromatic carbocycles. The summed E-state index contributed by atoms with van der Waals surface area (Å²) in [6.45, 7) is 3.78. The van der Waals surface area contributed by atoms with E-state index in [1.807, 2.05) is 42.6 Å². The van der Waals surface area contributed by atoms with Crippen LogP contribution < -0.4 is 14.8 Å². The molecule has 3 heterocycles. The van der Waals surface area contributed by atoms with Crippen molar-refractivity contribution in [2.24, 2.45) is 5.92 Å². The molecule has 2 amide bonds. The van der Waals surface area contributed by atoms with Gasteiger partial charge in [0.25, 0.3) is 0 Å². The fraction of sp³-hybridized carbons (Fsp3) is 0.500. The molecule has 0 saturated carbocycles. The molecule has 8 heteroatoms. The summed E-state index contributed by atoms with van der Waals surface area (Å²) in [5, 5.41) is 3.20. The van der Waals surface area contributed by atoms with Gasteiger partial charge in [-0.2, -0.15) is 0 Å². The minimum atomic E-state index is -0.274. The van der Waals surface area contributed by atoms with Gasteiger partial charge >= 0.3 is 0 Å². The van der Waals surface area contributed by atoms with Gasteiger partial charge in [0.05, 0.1) is 25.8 Å². The zero-order chi connectivity index (χ0) is 23.9. The van der Waals surface area contributed by atoms with Crippen LogP contribution in [-0.4, -0.2) is 73.0 Å². The second-order valence-electron chi connectivity index (χ2n) is 9.06. The number of pyridine rings is 1. The molecular formula is C26H34N4O4. The summed E-state index contributed by atoms with van der Waals surface area (Å²) in [6, 6.07) is 11.9. The van der Waals surface area contributed by atoms with E-state index in [0.29, 0.717) is 31.0 Å². The molecule has 0 aliphatic carbocycles. The second-order valence-corrected chi connectivity index (χ2v) is 9.06. The number of aromatic nitrogens is 1. The van der Waals surface area contributed by atoms with Crippen LogP contribution in [0, 0.1) is 5.92 Å². The zero-order valence-electron chi connectivity index (χ0n) is 20.0. The average Bonchev–Trinajstić information content (AvgIpc) is 3.25. The van der Waals surface area contributed by atoms with E-state index in [1.165, 1.54) is 0 Å². The number of ether oxygens (including phenoxy) is 2. The van der Waals surface area contributed by atoms with E-state index < -0.39 is 0 Å². The monoisotopic (exact) mass is 466 g/mol. The number of benzene rings is 1. The summed E-state index contributed by atoms with van der Waals surface area (Å²) in [5.74, 6) is 1.14. The van der Waals surface area contributed by atoms with E-state index in [0.717, 1.165) is 43.7 Å². The molecule has 34 heavy (non-hydrogen) atoms. The molecule has 0 spiro atoms. The molecule has 2 aromatic rings. The number of nitrogens with zero attached hydrogens (tertiary/aromatic N) is 3. The Balaban J connectivity index is 1.21. The molecule has 8 nitrogen and oxygen atoms in total. The topological polar surface area (TPSA) is 84.0 Å². The standard InChI is InChI=1S/C26H34N4O4/c1-33-23-7-6-19(15-24(23)34-2)8-14-30-17-20(16-25(30)31)26(32)28-21-9-12-29(13-10-21)18-22-5-3-4-11-27-22/h3-7,11,15,20-21H,8-10,12-14,16-18H2,1-2H3,(H,28,32). The van der Waals surface area contributed by atoms with Gasteiger partial charge in [-0.15, -0.1) is 0 Å². The van der Waals surface area contributed by atoms with Crippen LogP contribution in [0.1, 0.15) is 30.5 Å². The number of hydrogen-bond acceptors (Lipinski definition) is 6. The largest absolute Gasteiger partial charge is 0.493 e. The van der Waals surface area contributed by atoms with Gasteiger partial charge in [-0.25, -0.2) is 0 Å². The molecule has 1 atom stereocenters. The first-order valence-corrected chi connectivity index (χ1v) is 12.0. The van der Waals surface area contributed by atoms with E-state index >= 15 is 0 Å². The van der Waals surface area contributed by atoms with Crippen molar-refractivity contribution >= 4 is 11.8 Å². The Bertz CT molecular complexity index is 976. The summed E-state index contributed by atoms with van der Waals surface area (Å²) in [4.78, 5) is 34.0. The highest BCUT2D eigenvalue weighted by molar-refractivity contribution is 5.89. The Hall–Kier alpha value is -3.13. The second kappa shape index (κ2) is 11.3. The molecule has 2 fully saturated rings. The Morgan fingerprint density at radius 1 is 1.12 bits per heavy atom. The Morgan fingerprint density at radius 3 is 2.62 bits per heavy atom. The average molecular weight is 467 g/mol. The van der Waals surface area contributed by atoms with Crippen LogP contribution in [-0.2, 0) is 22.6 Å². The first-order valence-electron chi connectivity index (χ1n) is 12.0. The van der Waals surface area contributed by atoms with Crippen LogP contribution in [0.15, 0.2) is 42.6 Å². The van der Waals surface area contributed by atoms with Crippen molar-refractivity contribution in [2.75, 3.05) is 40.4 Å². The quantitative estimate of drug-likeness (QED) is 0.611. The molecule has 1 N–H and O–H groups in total. The summed E-state index contributed by atoms with van der Waals surface area (Å²) >= 11 is 0. The van der Waals surface area contributed by atoms with Crippen molar-refractivity contribution in [3.63, 3.8) is 0 Å². The van der Waals surface area contributed by atoms with Crippen molar-refractivity contribution in [1.29, 1.82) is 0 Å². The lowest BCUT2D eigenvalue weighted by atomic mass is 10.0.